The van der Waals surface area contributed by atoms with E-state index in [9.17, 15) is 38.2 Å². The van der Waals surface area contributed by atoms with Crippen molar-refractivity contribution in [3.05, 3.63) is 71.5 Å². The molecule has 3 aromatic rings. The second-order valence-electron chi connectivity index (χ2n) is 10.8. The van der Waals surface area contributed by atoms with Crippen molar-refractivity contribution in [2.45, 2.75) is 69.4 Å². The van der Waals surface area contributed by atoms with E-state index >= 15 is 0 Å². The Balaban J connectivity index is 1.62. The molecular weight excluding hydrogens is 541 g/mol. The maximum absolute atomic E-state index is 13.4. The third-order valence-electron chi connectivity index (χ3n) is 7.86. The molecule has 1 aromatic heterocycles. The number of aromatic nitrogens is 2. The number of aliphatic hydroxyl groups excluding tert-OH is 1. The summed E-state index contributed by atoms with van der Waals surface area (Å²) >= 11 is 0. The van der Waals surface area contributed by atoms with Crippen molar-refractivity contribution in [2.24, 2.45) is 11.8 Å². The van der Waals surface area contributed by atoms with Gasteiger partial charge in [0.25, 0.3) is 5.91 Å². The fraction of sp³-hybridized carbons (Fsp3) is 0.448. The van der Waals surface area contributed by atoms with Crippen LogP contribution in [0.3, 0.4) is 0 Å². The minimum atomic E-state index is -4.60. The maximum atomic E-state index is 13.4. The number of hydroxylamine groups is 1. The van der Waals surface area contributed by atoms with Crippen LogP contribution in [0.4, 0.5) is 13.2 Å². The molecular formula is C29H33F3N4O5. The number of aliphatic hydroxyl groups is 2. The van der Waals surface area contributed by atoms with E-state index in [-0.39, 0.29) is 36.9 Å². The third-order valence-corrected chi connectivity index (χ3v) is 7.86. The van der Waals surface area contributed by atoms with Crippen LogP contribution in [0.15, 0.2) is 54.7 Å². The van der Waals surface area contributed by atoms with Gasteiger partial charge in [-0.2, -0.15) is 13.2 Å². The van der Waals surface area contributed by atoms with E-state index in [1.165, 1.54) is 18.3 Å². The zero-order valence-electron chi connectivity index (χ0n) is 22.4. The van der Waals surface area contributed by atoms with Crippen LogP contribution in [-0.2, 0) is 17.4 Å². The van der Waals surface area contributed by atoms with Gasteiger partial charge < -0.3 is 15.5 Å². The molecule has 0 bridgehead atoms. The Hall–Kier alpha value is -3.61. The number of nitrogens with zero attached hydrogens (tertiary/aromatic N) is 2. The van der Waals surface area contributed by atoms with Crippen LogP contribution in [0, 0.1) is 11.8 Å². The molecule has 2 amide bonds. The van der Waals surface area contributed by atoms with E-state index < -0.39 is 47.2 Å². The average molecular weight is 575 g/mol. The smallest absolute Gasteiger partial charge is 0.391 e. The zero-order valence-corrected chi connectivity index (χ0v) is 22.4. The second kappa shape index (κ2) is 12.5. The standard InChI is InChI=1S/C29H33F3N4O5/c1-17-9-11-28(40,12-10-17)20(26(38)36-41)15-25(37)23(14-18-5-4-6-19(13-18)29(30,31)32)35-27(39)24-16-33-21-7-2-3-8-22(21)34-24/h2-8,13,16-17,20,23,25,37,40-41H,9-12,14-15H2,1H3,(H,35,39)(H,36,38). The first-order valence-electron chi connectivity index (χ1n) is 13.4. The lowest BCUT2D eigenvalue weighted by molar-refractivity contribution is -0.150. The number of hydrogen-bond donors (Lipinski definition) is 5. The molecule has 1 saturated carbocycles. The van der Waals surface area contributed by atoms with Crippen LogP contribution >= 0.6 is 0 Å². The van der Waals surface area contributed by atoms with Crippen molar-refractivity contribution in [3.8, 4) is 0 Å². The molecule has 1 aliphatic rings. The number of carbonyl (C=O) groups excluding carboxylic acids is 2. The lowest BCUT2D eigenvalue weighted by Crippen LogP contribution is -2.52. The Morgan fingerprint density at radius 2 is 1.78 bits per heavy atom. The van der Waals surface area contributed by atoms with Crippen molar-refractivity contribution in [3.63, 3.8) is 0 Å². The maximum Gasteiger partial charge on any atom is 0.416 e. The van der Waals surface area contributed by atoms with Crippen molar-refractivity contribution in [2.75, 3.05) is 0 Å². The summed E-state index contributed by atoms with van der Waals surface area (Å²) in [6.07, 6.45) is -3.65. The molecule has 0 radical (unpaired) electrons. The van der Waals surface area contributed by atoms with Gasteiger partial charge >= 0.3 is 6.18 Å². The highest BCUT2D eigenvalue weighted by Crippen LogP contribution is 2.39. The summed E-state index contributed by atoms with van der Waals surface area (Å²) in [6.45, 7) is 2.02. The van der Waals surface area contributed by atoms with E-state index in [4.69, 9.17) is 0 Å². The van der Waals surface area contributed by atoms with Crippen LogP contribution in [0.2, 0.25) is 0 Å². The number of alkyl halides is 3. The summed E-state index contributed by atoms with van der Waals surface area (Å²) in [7, 11) is 0. The molecule has 3 atom stereocenters. The summed E-state index contributed by atoms with van der Waals surface area (Å²) in [6, 6.07) is 10.2. The molecule has 1 aliphatic carbocycles. The number of amides is 2. The number of nitrogens with one attached hydrogen (secondary N) is 2. The SMILES string of the molecule is CC1CCC(O)(C(CC(O)C(Cc2cccc(C(F)(F)F)c2)NC(=O)c2cnc3ccccc3n2)C(=O)NO)CC1. The van der Waals surface area contributed by atoms with Crippen LogP contribution in [0.1, 0.15) is 60.6 Å². The first kappa shape index (κ1) is 30.4. The number of benzene rings is 2. The second-order valence-corrected chi connectivity index (χ2v) is 10.8. The molecule has 0 aliphatic heterocycles. The fourth-order valence-corrected chi connectivity index (χ4v) is 5.39. The van der Waals surface area contributed by atoms with Crippen molar-refractivity contribution in [1.82, 2.24) is 20.8 Å². The lowest BCUT2D eigenvalue weighted by Gasteiger charge is -2.41. The summed E-state index contributed by atoms with van der Waals surface area (Å²) in [4.78, 5) is 34.4. The highest BCUT2D eigenvalue weighted by Gasteiger charge is 2.45. The molecule has 2 aromatic carbocycles. The predicted octanol–water partition coefficient (Wildman–Crippen LogP) is 3.80. The lowest BCUT2D eigenvalue weighted by atomic mass is 9.70. The highest BCUT2D eigenvalue weighted by molar-refractivity contribution is 5.94. The predicted molar refractivity (Wildman–Crippen MR) is 143 cm³/mol. The zero-order chi connectivity index (χ0) is 29.8. The van der Waals surface area contributed by atoms with Gasteiger partial charge in [0.15, 0.2) is 0 Å². The van der Waals surface area contributed by atoms with Gasteiger partial charge in [0.05, 0.1) is 46.5 Å². The van der Waals surface area contributed by atoms with Gasteiger partial charge in [-0.05, 0) is 68.2 Å². The molecule has 220 valence electrons. The number of fused-ring (bicyclic) bond motifs is 1. The van der Waals surface area contributed by atoms with Crippen molar-refractivity contribution in [1.29, 1.82) is 0 Å². The minimum Gasteiger partial charge on any atom is -0.391 e. The number of hydrogen-bond acceptors (Lipinski definition) is 7. The number of halogens is 3. The van der Waals surface area contributed by atoms with Crippen LogP contribution in [-0.4, -0.2) is 54.9 Å². The van der Waals surface area contributed by atoms with Crippen LogP contribution in [0.5, 0.6) is 0 Å². The molecule has 1 fully saturated rings. The summed E-state index contributed by atoms with van der Waals surface area (Å²) in [5.74, 6) is -2.54. The first-order chi connectivity index (χ1) is 19.4. The Morgan fingerprint density at radius 1 is 1.10 bits per heavy atom. The summed E-state index contributed by atoms with van der Waals surface area (Å²) < 4.78 is 40.1. The van der Waals surface area contributed by atoms with Gasteiger partial charge in [-0.25, -0.2) is 10.5 Å². The van der Waals surface area contributed by atoms with Crippen LogP contribution < -0.4 is 10.8 Å². The molecule has 0 spiro atoms. The first-order valence-corrected chi connectivity index (χ1v) is 13.4. The van der Waals surface area contributed by atoms with Gasteiger partial charge in [0.2, 0.25) is 5.91 Å². The van der Waals surface area contributed by atoms with Gasteiger partial charge in [0.1, 0.15) is 5.69 Å². The summed E-state index contributed by atoms with van der Waals surface area (Å²) in [5.41, 5.74) is 0.259. The van der Waals surface area contributed by atoms with E-state index in [0.717, 1.165) is 12.1 Å². The van der Waals surface area contributed by atoms with E-state index in [0.29, 0.717) is 29.8 Å². The molecule has 3 unspecified atom stereocenters. The average Bonchev–Trinajstić information content (AvgIpc) is 2.96. The third kappa shape index (κ3) is 7.38. The van der Waals surface area contributed by atoms with E-state index in [2.05, 4.69) is 15.3 Å². The minimum absolute atomic E-state index is 0.0745. The van der Waals surface area contributed by atoms with Crippen LogP contribution in [0.25, 0.3) is 11.0 Å². The van der Waals surface area contributed by atoms with E-state index in [1.807, 2.05) is 6.92 Å². The monoisotopic (exact) mass is 574 g/mol. The molecule has 0 saturated heterocycles. The Labute approximate surface area is 234 Å². The normalized spacial score (nSPS) is 21.6. The Bertz CT molecular complexity index is 1380. The Kier molecular flexibility index (Phi) is 9.25. The number of para-hydroxylation sites is 2. The van der Waals surface area contributed by atoms with E-state index in [1.54, 1.807) is 29.7 Å². The molecule has 5 N–H and O–H groups in total. The molecule has 41 heavy (non-hydrogen) atoms. The van der Waals surface area contributed by atoms with Gasteiger partial charge in [0, 0.05) is 0 Å². The largest absolute Gasteiger partial charge is 0.416 e. The molecule has 9 nitrogen and oxygen atoms in total. The Morgan fingerprint density at radius 3 is 2.44 bits per heavy atom. The van der Waals surface area contributed by atoms with Gasteiger partial charge in [-0.1, -0.05) is 37.3 Å². The molecule has 1 heterocycles. The summed E-state index contributed by atoms with van der Waals surface area (Å²) in [5, 5.41) is 34.7. The van der Waals surface area contributed by atoms with Gasteiger partial charge in [-0.3, -0.25) is 19.8 Å². The number of carbonyl (C=O) groups is 2. The fourth-order valence-electron chi connectivity index (χ4n) is 5.39. The number of rotatable bonds is 9. The topological polar surface area (TPSA) is 145 Å². The highest BCUT2D eigenvalue weighted by atomic mass is 19.4. The quantitative estimate of drug-likeness (QED) is 0.193. The van der Waals surface area contributed by atoms with Gasteiger partial charge in [-0.15, -0.1) is 0 Å². The molecule has 4 rings (SSSR count). The van der Waals surface area contributed by atoms with Crippen molar-refractivity contribution < 1.29 is 38.2 Å². The van der Waals surface area contributed by atoms with Crippen molar-refractivity contribution >= 4 is 22.8 Å². The molecule has 12 heteroatoms.